The molecule has 1 heterocycles. The molecule has 25 heavy (non-hydrogen) atoms. The van der Waals surface area contributed by atoms with Crippen LogP contribution in [0, 0.1) is 10.1 Å². The summed E-state index contributed by atoms with van der Waals surface area (Å²) >= 11 is 6.30. The molecule has 2 N–H and O–H groups in total. The molecule has 0 radical (unpaired) electrons. The zero-order chi connectivity index (χ0) is 17.1. The van der Waals surface area contributed by atoms with Gasteiger partial charge in [-0.05, 0) is 45.7 Å². The summed E-state index contributed by atoms with van der Waals surface area (Å²) in [7, 11) is 0. The summed E-state index contributed by atoms with van der Waals surface area (Å²) in [6.45, 7) is 6.34. The lowest BCUT2D eigenvalue weighted by atomic mass is 10.2. The van der Waals surface area contributed by atoms with E-state index in [1.54, 1.807) is 0 Å². The van der Waals surface area contributed by atoms with Gasteiger partial charge in [-0.15, -0.1) is 24.8 Å². The average molecular weight is 524 g/mol. The van der Waals surface area contributed by atoms with Crippen LogP contribution in [0.25, 0.3) is 0 Å². The van der Waals surface area contributed by atoms with Gasteiger partial charge >= 0.3 is 0 Å². The number of nitrogen functional groups attached to an aromatic ring is 1. The second-order valence-corrected chi connectivity index (χ2v) is 6.95. The number of halogens is 4. The van der Waals surface area contributed by atoms with Gasteiger partial charge in [0.1, 0.15) is 27.6 Å². The molecule has 1 fully saturated rings. The molecule has 1 aliphatic heterocycles. The Hall–Kier alpha value is -0.740. The molecule has 1 aromatic rings. The normalized spacial score (nSPS) is 16.0. The van der Waals surface area contributed by atoms with Crippen molar-refractivity contribution in [1.82, 2.24) is 4.90 Å². The van der Waals surface area contributed by atoms with Crippen molar-refractivity contribution in [1.29, 1.82) is 0 Å². The van der Waals surface area contributed by atoms with Crippen molar-refractivity contribution < 1.29 is 14.4 Å². The number of nitrogens with two attached hydrogens (primary N) is 1. The van der Waals surface area contributed by atoms with E-state index in [4.69, 9.17) is 15.2 Å². The monoisotopic (exact) mass is 521 g/mol. The van der Waals surface area contributed by atoms with Crippen molar-refractivity contribution in [3.63, 3.8) is 0 Å². The molecule has 0 atom stereocenters. The van der Waals surface area contributed by atoms with Crippen molar-refractivity contribution >= 4 is 68.0 Å². The van der Waals surface area contributed by atoms with E-state index in [1.165, 1.54) is 12.3 Å². The van der Waals surface area contributed by atoms with Gasteiger partial charge in [-0.2, -0.15) is 0 Å². The van der Waals surface area contributed by atoms with Gasteiger partial charge in [0.2, 0.25) is 0 Å². The Morgan fingerprint density at radius 2 is 2.08 bits per heavy atom. The Labute approximate surface area is 175 Å². The molecule has 1 aromatic carbocycles. The molecule has 0 amide bonds. The minimum Gasteiger partial charge on any atom is -0.492 e. The van der Waals surface area contributed by atoms with Crippen LogP contribution < -0.4 is 10.5 Å². The number of hydrogen-bond donors (Lipinski definition) is 1. The predicted molar refractivity (Wildman–Crippen MR) is 109 cm³/mol. The highest BCUT2D eigenvalue weighted by atomic mass is 79.9. The Kier molecular flexibility index (Phi) is 10.1. The summed E-state index contributed by atoms with van der Waals surface area (Å²) < 4.78 is 11.6. The third-order valence-corrected chi connectivity index (χ3v) is 4.86. The highest BCUT2D eigenvalue weighted by Gasteiger charge is 2.23. The zero-order valence-electron chi connectivity index (χ0n) is 13.5. The van der Waals surface area contributed by atoms with Crippen LogP contribution in [0.5, 0.6) is 5.75 Å². The van der Waals surface area contributed by atoms with E-state index < -0.39 is 4.92 Å². The highest BCUT2D eigenvalue weighted by molar-refractivity contribution is 9.11. The first-order chi connectivity index (χ1) is 10.8. The van der Waals surface area contributed by atoms with E-state index in [9.17, 15) is 10.1 Å². The number of hydrogen-bond acceptors (Lipinski definition) is 6. The Morgan fingerprint density at radius 3 is 2.64 bits per heavy atom. The smallest absolute Gasteiger partial charge is 0.299 e. The van der Waals surface area contributed by atoms with Crippen LogP contribution in [-0.4, -0.2) is 35.6 Å². The van der Waals surface area contributed by atoms with Crippen LogP contribution in [0.2, 0.25) is 0 Å². The molecule has 2 rings (SSSR count). The van der Waals surface area contributed by atoms with Crippen molar-refractivity contribution in [2.24, 2.45) is 0 Å². The number of benzene rings is 1. The minimum atomic E-state index is -0.516. The second-order valence-electron chi connectivity index (χ2n) is 5.30. The molecular formula is C14H19Br2Cl2N3O4. The second kappa shape index (κ2) is 10.4. The zero-order valence-corrected chi connectivity index (χ0v) is 18.3. The van der Waals surface area contributed by atoms with Gasteiger partial charge in [0.15, 0.2) is 5.75 Å². The van der Waals surface area contributed by atoms with Crippen LogP contribution >= 0.6 is 56.7 Å². The summed E-state index contributed by atoms with van der Waals surface area (Å²) in [5, 5.41) is 11.0. The van der Waals surface area contributed by atoms with E-state index >= 15 is 0 Å². The standard InChI is InChI=1S/C14H17Br2N3O4.2ClH/c1-8(2)18-3-4-22-9(6-18)7-23-11-5-10(15)14(19(20)21)12(16)13(11)17;;/h5,7-8H,3-4,6,17H2,1-2H3;2*1H. The van der Waals surface area contributed by atoms with Crippen molar-refractivity contribution in [2.75, 3.05) is 25.4 Å². The summed E-state index contributed by atoms with van der Waals surface area (Å²) in [4.78, 5) is 12.8. The first-order valence-electron chi connectivity index (χ1n) is 6.95. The van der Waals surface area contributed by atoms with E-state index in [2.05, 4.69) is 50.6 Å². The predicted octanol–water partition coefficient (Wildman–Crippen LogP) is 4.51. The lowest BCUT2D eigenvalue weighted by Gasteiger charge is -2.31. The molecule has 1 saturated heterocycles. The maximum absolute atomic E-state index is 11.0. The first-order valence-corrected chi connectivity index (χ1v) is 8.54. The molecule has 0 aromatic heterocycles. The number of anilines is 1. The van der Waals surface area contributed by atoms with Crippen molar-refractivity contribution in [2.45, 2.75) is 19.9 Å². The number of nitro groups is 1. The van der Waals surface area contributed by atoms with Crippen LogP contribution in [-0.2, 0) is 4.74 Å². The number of ether oxygens (including phenoxy) is 2. The molecule has 7 nitrogen and oxygen atoms in total. The summed E-state index contributed by atoms with van der Waals surface area (Å²) in [6, 6.07) is 1.88. The van der Waals surface area contributed by atoms with Gasteiger partial charge in [-0.1, -0.05) is 0 Å². The molecule has 1 aliphatic rings. The average Bonchev–Trinajstić information content (AvgIpc) is 2.49. The van der Waals surface area contributed by atoms with Crippen LogP contribution in [0.1, 0.15) is 13.8 Å². The van der Waals surface area contributed by atoms with Gasteiger partial charge in [0, 0.05) is 18.7 Å². The van der Waals surface area contributed by atoms with Crippen molar-refractivity contribution in [3.05, 3.63) is 37.1 Å². The van der Waals surface area contributed by atoms with Gasteiger partial charge < -0.3 is 15.2 Å². The quantitative estimate of drug-likeness (QED) is 0.270. The lowest BCUT2D eigenvalue weighted by Crippen LogP contribution is -2.39. The summed E-state index contributed by atoms with van der Waals surface area (Å²) in [6.07, 6.45) is 1.49. The lowest BCUT2D eigenvalue weighted by molar-refractivity contribution is -0.386. The Bertz CT molecular complexity index is 659. The number of rotatable bonds is 4. The largest absolute Gasteiger partial charge is 0.492 e. The summed E-state index contributed by atoms with van der Waals surface area (Å²) in [5.41, 5.74) is 5.93. The van der Waals surface area contributed by atoms with E-state index in [0.717, 1.165) is 6.54 Å². The van der Waals surface area contributed by atoms with Crippen LogP contribution in [0.15, 0.2) is 27.0 Å². The number of morpholine rings is 1. The van der Waals surface area contributed by atoms with Crippen molar-refractivity contribution in [3.8, 4) is 5.75 Å². The van der Waals surface area contributed by atoms with Gasteiger partial charge in [-0.3, -0.25) is 15.0 Å². The third-order valence-electron chi connectivity index (χ3n) is 3.45. The fourth-order valence-electron chi connectivity index (χ4n) is 2.13. The maximum atomic E-state index is 11.0. The molecule has 0 bridgehead atoms. The maximum Gasteiger partial charge on any atom is 0.299 e. The molecule has 11 heteroatoms. The third kappa shape index (κ3) is 5.89. The first kappa shape index (κ1) is 24.3. The minimum absolute atomic E-state index is 0. The molecular weight excluding hydrogens is 505 g/mol. The molecule has 0 unspecified atom stereocenters. The molecule has 0 aliphatic carbocycles. The SMILES string of the molecule is CC(C)N1CCOC(=COc2cc(Br)c([N+](=O)[O-])c(Br)c2N)C1.Cl.Cl. The number of nitro benzene ring substituents is 1. The van der Waals surface area contributed by atoms with E-state index in [-0.39, 0.29) is 45.1 Å². The highest BCUT2D eigenvalue weighted by Crippen LogP contribution is 2.43. The Morgan fingerprint density at radius 1 is 1.44 bits per heavy atom. The molecule has 142 valence electrons. The topological polar surface area (TPSA) is 90.9 Å². The fourth-order valence-corrected chi connectivity index (χ4v) is 3.50. The molecule has 0 saturated carbocycles. The van der Waals surface area contributed by atoms with E-state index in [0.29, 0.717) is 30.7 Å². The molecule has 0 spiro atoms. The van der Waals surface area contributed by atoms with Gasteiger partial charge in [0.25, 0.3) is 5.69 Å². The summed E-state index contributed by atoms with van der Waals surface area (Å²) in [5.74, 6) is 1.00. The van der Waals surface area contributed by atoms with Gasteiger partial charge in [0.05, 0.1) is 17.2 Å². The van der Waals surface area contributed by atoms with Crippen LogP contribution in [0.4, 0.5) is 11.4 Å². The van der Waals surface area contributed by atoms with E-state index in [1.807, 2.05) is 0 Å². The fraction of sp³-hybridized carbons (Fsp3) is 0.429. The number of nitrogens with zero attached hydrogens (tertiary/aromatic N) is 2. The Balaban J connectivity index is 0.00000288. The van der Waals surface area contributed by atoms with Gasteiger partial charge in [-0.25, -0.2) is 0 Å². The van der Waals surface area contributed by atoms with Crippen LogP contribution in [0.3, 0.4) is 0 Å².